The number of ether oxygens (including phenoxy) is 1. The monoisotopic (exact) mass is 498 g/mol. The summed E-state index contributed by atoms with van der Waals surface area (Å²) in [6.45, 7) is -1.18. The molecule has 0 atom stereocenters. The van der Waals surface area contributed by atoms with E-state index in [1.807, 2.05) is 5.32 Å². The molecule has 168 valence electrons. The minimum Gasteiger partial charge on any atom is -0.456 e. The normalized spacial score (nSPS) is 11.8. The largest absolute Gasteiger partial charge is 0.456 e. The van der Waals surface area contributed by atoms with E-state index >= 15 is 0 Å². The van der Waals surface area contributed by atoms with Crippen LogP contribution in [-0.2, 0) is 30.5 Å². The average Bonchev–Trinajstić information content (AvgIpc) is 2.67. The summed E-state index contributed by atoms with van der Waals surface area (Å²) in [4.78, 5) is 23.4. The van der Waals surface area contributed by atoms with Crippen LogP contribution in [-0.4, -0.2) is 33.4 Å². The number of hydrogen-bond acceptors (Lipinski definition) is 5. The Morgan fingerprint density at radius 1 is 1.00 bits per heavy atom. The molecule has 31 heavy (non-hydrogen) atoms. The van der Waals surface area contributed by atoms with E-state index in [1.165, 1.54) is 24.3 Å². The Balaban J connectivity index is 1.83. The summed E-state index contributed by atoms with van der Waals surface area (Å²) in [7, 11) is -3.88. The van der Waals surface area contributed by atoms with E-state index in [0.717, 1.165) is 12.1 Å². The predicted octanol–water partition coefficient (Wildman–Crippen LogP) is 3.86. The summed E-state index contributed by atoms with van der Waals surface area (Å²) in [6.07, 6.45) is -5.17. The van der Waals surface area contributed by atoms with E-state index in [0.29, 0.717) is 11.1 Å². The van der Waals surface area contributed by atoms with Crippen molar-refractivity contribution in [2.24, 2.45) is 0 Å². The van der Waals surface area contributed by atoms with Gasteiger partial charge in [-0.15, -0.1) is 0 Å². The molecule has 0 bridgehead atoms. The summed E-state index contributed by atoms with van der Waals surface area (Å²) in [5.74, 6) is -1.94. The number of carbonyl (C=O) groups is 2. The fourth-order valence-electron chi connectivity index (χ4n) is 2.25. The zero-order valence-electron chi connectivity index (χ0n) is 15.5. The highest BCUT2D eigenvalue weighted by Gasteiger charge is 2.34. The zero-order valence-corrected chi connectivity index (χ0v) is 17.8. The summed E-state index contributed by atoms with van der Waals surface area (Å²) in [5, 5.41) is 2.17. The summed E-state index contributed by atoms with van der Waals surface area (Å²) in [6, 6.07) is 8.10. The number of esters is 1. The average molecular weight is 499 g/mol. The van der Waals surface area contributed by atoms with E-state index in [9.17, 15) is 31.2 Å². The standard InChI is InChI=1S/C18H15Cl2F3N2O5S/c19-11-1-4-13(5-2-11)31(28,29)24-8-7-17(27)30-10-16(26)25-15-6-3-12(20)9-14(15)18(21,22)23/h1-6,9,24H,7-8,10H2,(H,25,26). The maximum absolute atomic E-state index is 13.0. The second-order valence-electron chi connectivity index (χ2n) is 6.00. The molecule has 0 fully saturated rings. The Hall–Kier alpha value is -2.34. The smallest absolute Gasteiger partial charge is 0.418 e. The third kappa shape index (κ3) is 7.69. The van der Waals surface area contributed by atoms with Crippen molar-refractivity contribution in [3.63, 3.8) is 0 Å². The lowest BCUT2D eigenvalue weighted by Crippen LogP contribution is -2.28. The maximum Gasteiger partial charge on any atom is 0.418 e. The van der Waals surface area contributed by atoms with Crippen LogP contribution in [0.3, 0.4) is 0 Å². The molecule has 0 aromatic heterocycles. The topological polar surface area (TPSA) is 102 Å². The molecule has 0 saturated heterocycles. The maximum atomic E-state index is 13.0. The van der Waals surface area contributed by atoms with Crippen LogP contribution >= 0.6 is 23.2 Å². The molecule has 0 spiro atoms. The lowest BCUT2D eigenvalue weighted by molar-refractivity contribution is -0.147. The number of hydrogen-bond donors (Lipinski definition) is 2. The zero-order chi connectivity index (χ0) is 23.2. The predicted molar refractivity (Wildman–Crippen MR) is 107 cm³/mol. The van der Waals surface area contributed by atoms with Gasteiger partial charge in [-0.3, -0.25) is 9.59 Å². The SMILES string of the molecule is O=C(COC(=O)CCNS(=O)(=O)c1ccc(Cl)cc1)Nc1ccc(Cl)cc1C(F)(F)F. The Morgan fingerprint density at radius 3 is 2.23 bits per heavy atom. The third-order valence-corrected chi connectivity index (χ3v) is 5.63. The molecule has 0 radical (unpaired) electrons. The Morgan fingerprint density at radius 2 is 1.61 bits per heavy atom. The Bertz CT molecular complexity index is 1060. The highest BCUT2D eigenvalue weighted by molar-refractivity contribution is 7.89. The van der Waals surface area contributed by atoms with Crippen LogP contribution in [0.1, 0.15) is 12.0 Å². The highest BCUT2D eigenvalue weighted by atomic mass is 35.5. The lowest BCUT2D eigenvalue weighted by atomic mass is 10.1. The van der Waals surface area contributed by atoms with Crippen molar-refractivity contribution in [3.05, 3.63) is 58.1 Å². The molecular formula is C18H15Cl2F3N2O5S. The van der Waals surface area contributed by atoms with Gasteiger partial charge in [-0.1, -0.05) is 23.2 Å². The van der Waals surface area contributed by atoms with Crippen molar-refractivity contribution in [1.29, 1.82) is 0 Å². The molecule has 1 amide bonds. The Kier molecular flexibility index (Phi) is 8.29. The number of halogens is 5. The summed E-state index contributed by atoms with van der Waals surface area (Å²) >= 11 is 11.2. The molecule has 2 aromatic carbocycles. The van der Waals surface area contributed by atoms with Gasteiger partial charge in [0.2, 0.25) is 10.0 Å². The second-order valence-corrected chi connectivity index (χ2v) is 8.64. The molecule has 0 heterocycles. The molecule has 0 aliphatic rings. The van der Waals surface area contributed by atoms with Crippen molar-refractivity contribution in [2.45, 2.75) is 17.5 Å². The van der Waals surface area contributed by atoms with Gasteiger partial charge in [-0.25, -0.2) is 13.1 Å². The van der Waals surface area contributed by atoms with Crippen molar-refractivity contribution in [3.8, 4) is 0 Å². The van der Waals surface area contributed by atoms with Gasteiger partial charge in [-0.05, 0) is 42.5 Å². The van der Waals surface area contributed by atoms with Gasteiger partial charge in [0.15, 0.2) is 6.61 Å². The van der Waals surface area contributed by atoms with Gasteiger partial charge in [0.05, 0.1) is 22.6 Å². The van der Waals surface area contributed by atoms with Crippen molar-refractivity contribution < 1.29 is 35.9 Å². The molecule has 0 unspecified atom stereocenters. The molecule has 0 aliphatic heterocycles. The molecule has 2 aromatic rings. The number of alkyl halides is 3. The fourth-order valence-corrected chi connectivity index (χ4v) is 3.58. The minimum absolute atomic E-state index is 0.0620. The van der Waals surface area contributed by atoms with Crippen LogP contribution in [0.4, 0.5) is 18.9 Å². The minimum atomic E-state index is -4.76. The lowest BCUT2D eigenvalue weighted by Gasteiger charge is -2.14. The number of rotatable bonds is 8. The van der Waals surface area contributed by atoms with Gasteiger partial charge in [-0.2, -0.15) is 13.2 Å². The van der Waals surface area contributed by atoms with Gasteiger partial charge >= 0.3 is 12.1 Å². The number of nitrogens with one attached hydrogen (secondary N) is 2. The van der Waals surface area contributed by atoms with Crippen LogP contribution in [0, 0.1) is 0 Å². The molecule has 13 heteroatoms. The van der Waals surface area contributed by atoms with Gasteiger partial charge in [0, 0.05) is 16.6 Å². The van der Waals surface area contributed by atoms with E-state index in [-0.39, 0.29) is 16.5 Å². The first kappa shape index (κ1) is 24.9. The number of amides is 1. The third-order valence-electron chi connectivity index (χ3n) is 3.67. The van der Waals surface area contributed by atoms with E-state index in [4.69, 9.17) is 23.2 Å². The number of carbonyl (C=O) groups excluding carboxylic acids is 2. The highest BCUT2D eigenvalue weighted by Crippen LogP contribution is 2.36. The first-order valence-electron chi connectivity index (χ1n) is 8.46. The van der Waals surface area contributed by atoms with E-state index in [2.05, 4.69) is 9.46 Å². The molecule has 0 aliphatic carbocycles. The van der Waals surface area contributed by atoms with Gasteiger partial charge in [0.25, 0.3) is 5.91 Å². The first-order valence-corrected chi connectivity index (χ1v) is 10.7. The van der Waals surface area contributed by atoms with Gasteiger partial charge < -0.3 is 10.1 Å². The van der Waals surface area contributed by atoms with Crippen LogP contribution in [0.15, 0.2) is 47.4 Å². The molecule has 7 nitrogen and oxygen atoms in total. The number of sulfonamides is 1. The summed E-state index contributed by atoms with van der Waals surface area (Å²) in [5.41, 5.74) is -1.70. The molecule has 0 saturated carbocycles. The second kappa shape index (κ2) is 10.3. The quantitative estimate of drug-likeness (QED) is 0.538. The van der Waals surface area contributed by atoms with Crippen LogP contribution in [0.25, 0.3) is 0 Å². The van der Waals surface area contributed by atoms with Crippen LogP contribution in [0.2, 0.25) is 10.0 Å². The fraction of sp³-hybridized carbons (Fsp3) is 0.222. The van der Waals surface area contributed by atoms with Crippen molar-refractivity contribution in [1.82, 2.24) is 4.72 Å². The first-order chi connectivity index (χ1) is 14.4. The van der Waals surface area contributed by atoms with Crippen molar-refractivity contribution >= 4 is 50.8 Å². The summed E-state index contributed by atoms with van der Waals surface area (Å²) < 4.78 is 70.0. The molecular weight excluding hydrogens is 484 g/mol. The molecule has 2 rings (SSSR count). The number of benzene rings is 2. The van der Waals surface area contributed by atoms with E-state index in [1.54, 1.807) is 0 Å². The molecule has 2 N–H and O–H groups in total. The van der Waals surface area contributed by atoms with Gasteiger partial charge in [0.1, 0.15) is 0 Å². The van der Waals surface area contributed by atoms with E-state index < -0.39 is 52.4 Å². The van der Waals surface area contributed by atoms with Crippen molar-refractivity contribution in [2.75, 3.05) is 18.5 Å². The van der Waals surface area contributed by atoms with Crippen LogP contribution in [0.5, 0.6) is 0 Å². The van der Waals surface area contributed by atoms with Crippen LogP contribution < -0.4 is 10.0 Å². The number of anilines is 1. The Labute approximate surface area is 185 Å².